The molecule has 1 aliphatic carbocycles. The van der Waals surface area contributed by atoms with Gasteiger partial charge in [0.25, 0.3) is 0 Å². The predicted octanol–water partition coefficient (Wildman–Crippen LogP) is 2.16. The lowest BCUT2D eigenvalue weighted by Crippen LogP contribution is -2.32. The Balaban J connectivity index is 1.85. The molecule has 0 atom stereocenters. The Labute approximate surface area is 182 Å². The van der Waals surface area contributed by atoms with Crippen LogP contribution in [0.3, 0.4) is 0 Å². The Hall–Kier alpha value is -3.18. The summed E-state index contributed by atoms with van der Waals surface area (Å²) in [5, 5.41) is 30.3. The van der Waals surface area contributed by atoms with E-state index in [1.165, 1.54) is 16.7 Å². The SMILES string of the molecule is COc1c(C)cnc(Cn2nc3cc(CCO)c4c-3c(n2)C(NC(=O)O)=NSC4)c1C. The monoisotopic (exact) mass is 442 g/mol. The third kappa shape index (κ3) is 3.93. The van der Waals surface area contributed by atoms with Gasteiger partial charge in [-0.25, -0.2) is 4.79 Å². The number of aryl methyl sites for hydroxylation is 1. The molecule has 4 rings (SSSR count). The van der Waals surface area contributed by atoms with Gasteiger partial charge >= 0.3 is 6.09 Å². The standard InChI is InChI=1S/C20H22N6O4S/c1-10-7-21-15(11(2)18(10)30-3)8-26-23-14-6-12(4-5-27)13-9-31-25-19(22-20(28)29)17(24-26)16(13)14/h6-7,27H,4-5,8-9H2,1-3H3,(H,22,25)(H,28,29). The summed E-state index contributed by atoms with van der Waals surface area (Å²) in [5.74, 6) is 1.46. The maximum absolute atomic E-state index is 11.3. The van der Waals surface area contributed by atoms with Crippen LogP contribution in [-0.2, 0) is 18.7 Å². The molecule has 3 N–H and O–H groups in total. The molecule has 0 aromatic carbocycles. The van der Waals surface area contributed by atoms with E-state index >= 15 is 0 Å². The van der Waals surface area contributed by atoms with E-state index in [1.54, 1.807) is 13.3 Å². The number of aliphatic hydroxyl groups is 1. The van der Waals surface area contributed by atoms with E-state index in [1.807, 2.05) is 19.9 Å². The van der Waals surface area contributed by atoms with E-state index in [-0.39, 0.29) is 19.0 Å². The van der Waals surface area contributed by atoms with Crippen LogP contribution in [0.2, 0.25) is 0 Å². The van der Waals surface area contributed by atoms with Gasteiger partial charge in [0, 0.05) is 35.2 Å². The molecule has 1 amide bonds. The molecule has 3 aliphatic rings. The van der Waals surface area contributed by atoms with Crippen LogP contribution in [0.1, 0.15) is 33.6 Å². The number of methoxy groups -OCH3 is 1. The molecule has 0 spiro atoms. The van der Waals surface area contributed by atoms with Crippen molar-refractivity contribution >= 4 is 23.9 Å². The molecule has 1 aromatic heterocycles. The first-order valence-corrected chi connectivity index (χ1v) is 10.6. The smallest absolute Gasteiger partial charge is 0.410 e. The van der Waals surface area contributed by atoms with Crippen molar-refractivity contribution in [2.45, 2.75) is 32.6 Å². The maximum atomic E-state index is 11.3. The van der Waals surface area contributed by atoms with Crippen molar-refractivity contribution in [3.8, 4) is 17.0 Å². The van der Waals surface area contributed by atoms with Crippen LogP contribution in [0.25, 0.3) is 11.3 Å². The average Bonchev–Trinajstić information content (AvgIpc) is 2.95. The van der Waals surface area contributed by atoms with Crippen LogP contribution < -0.4 is 10.1 Å². The highest BCUT2D eigenvalue weighted by Crippen LogP contribution is 2.38. The summed E-state index contributed by atoms with van der Waals surface area (Å²) in [6, 6.07) is 1.92. The molecule has 2 aliphatic heterocycles. The van der Waals surface area contributed by atoms with E-state index in [0.29, 0.717) is 23.6 Å². The fourth-order valence-electron chi connectivity index (χ4n) is 3.79. The summed E-state index contributed by atoms with van der Waals surface area (Å²) in [7, 11) is 1.62. The molecule has 0 fully saturated rings. The van der Waals surface area contributed by atoms with Crippen molar-refractivity contribution in [1.29, 1.82) is 0 Å². The second-order valence-electron chi connectivity index (χ2n) is 7.15. The highest BCUT2D eigenvalue weighted by molar-refractivity contribution is 7.97. The Morgan fingerprint density at radius 3 is 2.87 bits per heavy atom. The average molecular weight is 443 g/mol. The van der Waals surface area contributed by atoms with Crippen molar-refractivity contribution in [2.24, 2.45) is 4.40 Å². The topological polar surface area (TPSA) is 135 Å². The number of hydrogen-bond donors (Lipinski definition) is 3. The Morgan fingerprint density at radius 2 is 2.16 bits per heavy atom. The Bertz CT molecular complexity index is 1160. The highest BCUT2D eigenvalue weighted by atomic mass is 32.2. The Kier molecular flexibility index (Phi) is 5.79. The number of carboxylic acid groups (broad SMARTS) is 1. The third-order valence-corrected chi connectivity index (χ3v) is 5.90. The largest absolute Gasteiger partial charge is 0.496 e. The lowest BCUT2D eigenvalue weighted by molar-refractivity contribution is 0.200. The molecule has 0 saturated carbocycles. The molecule has 31 heavy (non-hydrogen) atoms. The van der Waals surface area contributed by atoms with Crippen molar-refractivity contribution in [3.63, 3.8) is 0 Å². The van der Waals surface area contributed by atoms with Gasteiger partial charge in [-0.15, -0.1) is 0 Å². The molecule has 0 saturated heterocycles. The van der Waals surface area contributed by atoms with Gasteiger partial charge < -0.3 is 14.9 Å². The van der Waals surface area contributed by atoms with Crippen molar-refractivity contribution < 1.29 is 19.7 Å². The molecule has 0 unspecified atom stereocenters. The van der Waals surface area contributed by atoms with E-state index in [4.69, 9.17) is 4.74 Å². The number of rotatable bonds is 5. The number of aromatic nitrogens is 4. The first-order chi connectivity index (χ1) is 14.9. The zero-order valence-corrected chi connectivity index (χ0v) is 18.2. The number of aliphatic hydroxyl groups excluding tert-OH is 1. The van der Waals surface area contributed by atoms with Crippen molar-refractivity contribution in [3.05, 3.63) is 45.9 Å². The number of amidine groups is 1. The normalized spacial score (nSPS) is 13.1. The number of hydrogen-bond acceptors (Lipinski definition) is 8. The van der Waals surface area contributed by atoms with Crippen LogP contribution in [0.4, 0.5) is 4.79 Å². The minimum atomic E-state index is -1.22. The summed E-state index contributed by atoms with van der Waals surface area (Å²) < 4.78 is 9.81. The van der Waals surface area contributed by atoms with Crippen LogP contribution in [0, 0.1) is 13.8 Å². The minimum Gasteiger partial charge on any atom is -0.496 e. The molecule has 3 heterocycles. The molecule has 1 aromatic rings. The van der Waals surface area contributed by atoms with Gasteiger partial charge in [-0.2, -0.15) is 19.4 Å². The van der Waals surface area contributed by atoms with Gasteiger partial charge in [0.2, 0.25) is 0 Å². The summed E-state index contributed by atoms with van der Waals surface area (Å²) >= 11 is 1.23. The lowest BCUT2D eigenvalue weighted by atomic mass is 10.1. The molecular formula is C20H22N6O4S. The fourth-order valence-corrected chi connectivity index (χ4v) is 4.58. The summed E-state index contributed by atoms with van der Waals surface area (Å²) in [5.41, 5.74) is 6.32. The van der Waals surface area contributed by atoms with Crippen LogP contribution in [0.5, 0.6) is 5.75 Å². The second-order valence-corrected chi connectivity index (χ2v) is 7.88. The summed E-state index contributed by atoms with van der Waals surface area (Å²) in [4.78, 5) is 17.3. The van der Waals surface area contributed by atoms with Gasteiger partial charge in [-0.05, 0) is 49.4 Å². The third-order valence-electron chi connectivity index (χ3n) is 5.17. The van der Waals surface area contributed by atoms with Gasteiger partial charge in [0.1, 0.15) is 18.0 Å². The van der Waals surface area contributed by atoms with E-state index in [2.05, 4.69) is 24.9 Å². The first-order valence-electron chi connectivity index (χ1n) is 9.62. The summed E-state index contributed by atoms with van der Waals surface area (Å²) in [6.07, 6.45) is 0.998. The zero-order valence-electron chi connectivity index (χ0n) is 17.3. The number of amides is 1. The molecule has 0 radical (unpaired) electrons. The molecule has 0 bridgehead atoms. The van der Waals surface area contributed by atoms with Crippen molar-refractivity contribution in [2.75, 3.05) is 13.7 Å². The molecule has 10 nitrogen and oxygen atoms in total. The van der Waals surface area contributed by atoms with Crippen LogP contribution in [0.15, 0.2) is 16.7 Å². The maximum Gasteiger partial charge on any atom is 0.410 e. The van der Waals surface area contributed by atoms with Gasteiger partial charge in [0.15, 0.2) is 5.84 Å². The predicted molar refractivity (Wildman–Crippen MR) is 116 cm³/mol. The number of nitrogens with one attached hydrogen (secondary N) is 1. The highest BCUT2D eigenvalue weighted by Gasteiger charge is 2.28. The van der Waals surface area contributed by atoms with Gasteiger partial charge in [-0.1, -0.05) is 0 Å². The number of ether oxygens (including phenoxy) is 1. The Morgan fingerprint density at radius 1 is 1.35 bits per heavy atom. The fraction of sp³-hybridized carbons (Fsp3) is 0.350. The van der Waals surface area contributed by atoms with E-state index < -0.39 is 6.09 Å². The molecule has 162 valence electrons. The zero-order chi connectivity index (χ0) is 22.1. The van der Waals surface area contributed by atoms with E-state index in [0.717, 1.165) is 39.3 Å². The van der Waals surface area contributed by atoms with Crippen molar-refractivity contribution in [1.82, 2.24) is 25.3 Å². The van der Waals surface area contributed by atoms with Crippen LogP contribution in [-0.4, -0.2) is 55.8 Å². The quantitative estimate of drug-likeness (QED) is 0.512. The molecular weight excluding hydrogens is 420 g/mol. The summed E-state index contributed by atoms with van der Waals surface area (Å²) in [6.45, 7) is 4.13. The molecule has 11 heteroatoms. The second kappa shape index (κ2) is 8.52. The van der Waals surface area contributed by atoms with Crippen LogP contribution >= 0.6 is 11.9 Å². The van der Waals surface area contributed by atoms with E-state index in [9.17, 15) is 15.0 Å². The number of nitrogens with zero attached hydrogens (tertiary/aromatic N) is 5. The minimum absolute atomic E-state index is 0.00408. The lowest BCUT2D eigenvalue weighted by Gasteiger charge is -2.15. The first kappa shape index (κ1) is 21.1. The van der Waals surface area contributed by atoms with Gasteiger partial charge in [-0.3, -0.25) is 10.3 Å². The number of pyridine rings is 1. The van der Waals surface area contributed by atoms with Gasteiger partial charge in [0.05, 0.1) is 18.5 Å². The number of carbonyl (C=O) groups is 1.